The minimum absolute atomic E-state index is 0.163. The van der Waals surface area contributed by atoms with E-state index >= 15 is 0 Å². The van der Waals surface area contributed by atoms with Gasteiger partial charge in [0.2, 0.25) is 15.9 Å². The Kier molecular flexibility index (Phi) is 4.95. The van der Waals surface area contributed by atoms with Gasteiger partial charge in [-0.3, -0.25) is 4.79 Å². The minimum Gasteiger partial charge on any atom is -0.398 e. The number of halogens is 1. The lowest BCUT2D eigenvalue weighted by molar-refractivity contribution is -0.121. The fourth-order valence-corrected chi connectivity index (χ4v) is 2.65. The van der Waals surface area contributed by atoms with Crippen molar-refractivity contribution in [3.05, 3.63) is 23.5 Å². The standard InChI is InChI=1S/C13H20FN3O3S/c1-8-5-9(14)11(6-10(8)15)21(19,20)16-7-12(18)17-13(2,3)4/h5-6,16H,7,15H2,1-4H3,(H,17,18). The van der Waals surface area contributed by atoms with Gasteiger partial charge in [0, 0.05) is 11.2 Å². The summed E-state index contributed by atoms with van der Waals surface area (Å²) in [6, 6.07) is 2.08. The number of rotatable bonds is 4. The topological polar surface area (TPSA) is 101 Å². The van der Waals surface area contributed by atoms with Gasteiger partial charge in [0.15, 0.2) is 0 Å². The maximum absolute atomic E-state index is 13.7. The van der Waals surface area contributed by atoms with Crippen LogP contribution in [0.2, 0.25) is 0 Å². The van der Waals surface area contributed by atoms with Crippen LogP contribution in [-0.2, 0) is 14.8 Å². The molecule has 0 heterocycles. The summed E-state index contributed by atoms with van der Waals surface area (Å²) in [7, 11) is -4.15. The Morgan fingerprint density at radius 1 is 1.33 bits per heavy atom. The Balaban J connectivity index is 2.88. The quantitative estimate of drug-likeness (QED) is 0.718. The highest BCUT2D eigenvalue weighted by molar-refractivity contribution is 7.89. The predicted molar refractivity (Wildman–Crippen MR) is 78.6 cm³/mol. The molecule has 1 amide bonds. The zero-order valence-electron chi connectivity index (χ0n) is 12.5. The Morgan fingerprint density at radius 2 is 1.90 bits per heavy atom. The normalized spacial score (nSPS) is 12.2. The number of aryl methyl sites for hydroxylation is 1. The minimum atomic E-state index is -4.15. The number of benzene rings is 1. The van der Waals surface area contributed by atoms with E-state index in [1.54, 1.807) is 27.7 Å². The van der Waals surface area contributed by atoms with Crippen molar-refractivity contribution in [3.63, 3.8) is 0 Å². The van der Waals surface area contributed by atoms with Crippen LogP contribution in [0.5, 0.6) is 0 Å². The molecule has 8 heteroatoms. The molecule has 0 fully saturated rings. The number of amides is 1. The summed E-state index contributed by atoms with van der Waals surface area (Å²) >= 11 is 0. The van der Waals surface area contributed by atoms with Crippen molar-refractivity contribution in [2.45, 2.75) is 38.1 Å². The van der Waals surface area contributed by atoms with Crippen LogP contribution >= 0.6 is 0 Å². The van der Waals surface area contributed by atoms with E-state index in [-0.39, 0.29) is 5.69 Å². The Hall–Kier alpha value is -1.67. The molecule has 0 saturated heterocycles. The first-order chi connectivity index (χ1) is 9.42. The average molecular weight is 317 g/mol. The molecule has 0 aliphatic rings. The van der Waals surface area contributed by atoms with E-state index in [1.807, 2.05) is 4.72 Å². The van der Waals surface area contributed by atoms with Gasteiger partial charge in [0.1, 0.15) is 10.7 Å². The summed E-state index contributed by atoms with van der Waals surface area (Å²) in [5.74, 6) is -1.42. The molecule has 0 spiro atoms. The SMILES string of the molecule is Cc1cc(F)c(S(=O)(=O)NCC(=O)NC(C)(C)C)cc1N. The average Bonchev–Trinajstić information content (AvgIpc) is 2.29. The Labute approximate surface area is 124 Å². The van der Waals surface area contributed by atoms with Crippen LogP contribution in [0, 0.1) is 12.7 Å². The highest BCUT2D eigenvalue weighted by Crippen LogP contribution is 2.21. The second-order valence-electron chi connectivity index (χ2n) is 5.76. The summed E-state index contributed by atoms with van der Waals surface area (Å²) in [6.07, 6.45) is 0. The van der Waals surface area contributed by atoms with Crippen LogP contribution in [0.3, 0.4) is 0 Å². The van der Waals surface area contributed by atoms with Crippen LogP contribution < -0.4 is 15.8 Å². The zero-order chi connectivity index (χ0) is 16.4. The van der Waals surface area contributed by atoms with Crippen LogP contribution in [0.1, 0.15) is 26.3 Å². The molecule has 0 saturated carbocycles. The van der Waals surface area contributed by atoms with Crippen molar-refractivity contribution in [1.29, 1.82) is 0 Å². The maximum Gasteiger partial charge on any atom is 0.244 e. The van der Waals surface area contributed by atoms with E-state index in [9.17, 15) is 17.6 Å². The third-order valence-electron chi connectivity index (χ3n) is 2.55. The van der Waals surface area contributed by atoms with Crippen LogP contribution in [0.4, 0.5) is 10.1 Å². The van der Waals surface area contributed by atoms with E-state index in [0.717, 1.165) is 12.1 Å². The number of hydrogen-bond acceptors (Lipinski definition) is 4. The molecule has 6 nitrogen and oxygen atoms in total. The highest BCUT2D eigenvalue weighted by atomic mass is 32.2. The van der Waals surface area contributed by atoms with Gasteiger partial charge >= 0.3 is 0 Å². The van der Waals surface area contributed by atoms with Gasteiger partial charge in [-0.25, -0.2) is 17.5 Å². The van der Waals surface area contributed by atoms with Gasteiger partial charge in [0.25, 0.3) is 0 Å². The van der Waals surface area contributed by atoms with Crippen molar-refractivity contribution < 1.29 is 17.6 Å². The van der Waals surface area contributed by atoms with Gasteiger partial charge in [-0.05, 0) is 45.4 Å². The molecular formula is C13H20FN3O3S. The molecule has 1 rings (SSSR count). The molecule has 1 aromatic rings. The van der Waals surface area contributed by atoms with Gasteiger partial charge in [-0.1, -0.05) is 0 Å². The summed E-state index contributed by atoms with van der Waals surface area (Å²) in [5, 5.41) is 2.59. The van der Waals surface area contributed by atoms with E-state index in [4.69, 9.17) is 5.73 Å². The number of hydrogen-bond donors (Lipinski definition) is 3. The first-order valence-corrected chi connectivity index (χ1v) is 7.77. The monoisotopic (exact) mass is 317 g/mol. The van der Waals surface area contributed by atoms with E-state index in [0.29, 0.717) is 5.56 Å². The Bertz CT molecular complexity index is 651. The number of anilines is 1. The maximum atomic E-state index is 13.7. The summed E-state index contributed by atoms with van der Waals surface area (Å²) < 4.78 is 39.8. The van der Waals surface area contributed by atoms with Crippen LogP contribution in [0.25, 0.3) is 0 Å². The van der Waals surface area contributed by atoms with Crippen molar-refractivity contribution >= 4 is 21.6 Å². The number of nitrogens with one attached hydrogen (secondary N) is 2. The molecule has 0 atom stereocenters. The highest BCUT2D eigenvalue weighted by Gasteiger charge is 2.22. The molecule has 0 unspecified atom stereocenters. The molecule has 0 bridgehead atoms. The third kappa shape index (κ3) is 4.98. The van der Waals surface area contributed by atoms with Crippen LogP contribution in [-0.4, -0.2) is 26.4 Å². The molecule has 0 radical (unpaired) electrons. The first kappa shape index (κ1) is 17.4. The second kappa shape index (κ2) is 5.98. The lowest BCUT2D eigenvalue weighted by Crippen LogP contribution is -2.45. The molecule has 0 aliphatic carbocycles. The largest absolute Gasteiger partial charge is 0.398 e. The number of sulfonamides is 1. The van der Waals surface area contributed by atoms with Crippen molar-refractivity contribution in [3.8, 4) is 0 Å². The fraction of sp³-hybridized carbons (Fsp3) is 0.462. The molecule has 21 heavy (non-hydrogen) atoms. The Morgan fingerprint density at radius 3 is 2.43 bits per heavy atom. The van der Waals surface area contributed by atoms with Crippen molar-refractivity contribution in [2.24, 2.45) is 0 Å². The number of carbonyl (C=O) groups is 1. The molecular weight excluding hydrogens is 297 g/mol. The summed E-state index contributed by atoms with van der Waals surface area (Å²) in [4.78, 5) is 11.0. The van der Waals surface area contributed by atoms with Gasteiger partial charge in [-0.2, -0.15) is 0 Å². The molecule has 118 valence electrons. The second-order valence-corrected chi connectivity index (χ2v) is 7.50. The van der Waals surface area contributed by atoms with Gasteiger partial charge in [0.05, 0.1) is 6.54 Å². The zero-order valence-corrected chi connectivity index (χ0v) is 13.3. The fourth-order valence-electron chi connectivity index (χ4n) is 1.58. The lowest BCUT2D eigenvalue weighted by Gasteiger charge is -2.20. The predicted octanol–water partition coefficient (Wildman–Crippen LogP) is 0.909. The first-order valence-electron chi connectivity index (χ1n) is 6.29. The smallest absolute Gasteiger partial charge is 0.244 e. The van der Waals surface area contributed by atoms with Gasteiger partial charge < -0.3 is 11.1 Å². The van der Waals surface area contributed by atoms with E-state index < -0.39 is 38.7 Å². The summed E-state index contributed by atoms with van der Waals surface area (Å²) in [6.45, 7) is 6.38. The number of nitrogens with two attached hydrogens (primary N) is 1. The molecule has 0 aliphatic heterocycles. The third-order valence-corrected chi connectivity index (χ3v) is 3.96. The van der Waals surface area contributed by atoms with Gasteiger partial charge in [-0.15, -0.1) is 0 Å². The summed E-state index contributed by atoms with van der Waals surface area (Å²) in [5.41, 5.74) is 5.71. The van der Waals surface area contributed by atoms with Crippen LogP contribution in [0.15, 0.2) is 17.0 Å². The molecule has 0 aromatic heterocycles. The molecule has 1 aromatic carbocycles. The van der Waals surface area contributed by atoms with E-state index in [1.165, 1.54) is 0 Å². The number of carbonyl (C=O) groups excluding carboxylic acids is 1. The number of nitrogen functional groups attached to an aromatic ring is 1. The van der Waals surface area contributed by atoms with Crippen molar-refractivity contribution in [1.82, 2.24) is 10.0 Å². The van der Waals surface area contributed by atoms with Crippen molar-refractivity contribution in [2.75, 3.05) is 12.3 Å². The van der Waals surface area contributed by atoms with E-state index in [2.05, 4.69) is 5.32 Å². The molecule has 4 N–H and O–H groups in total. The lowest BCUT2D eigenvalue weighted by atomic mass is 10.1.